The monoisotopic (exact) mass is 543 g/mol. The second-order valence-corrected chi connectivity index (χ2v) is 10.2. The minimum atomic E-state index is -0.527. The van der Waals surface area contributed by atoms with Crippen molar-refractivity contribution in [1.29, 1.82) is 0 Å². The number of nitrogens with one attached hydrogen (secondary N) is 1. The number of halogens is 1. The van der Waals surface area contributed by atoms with Crippen molar-refractivity contribution < 1.29 is 23.8 Å². The number of carbonyl (C=O) groups is 2. The maximum absolute atomic E-state index is 13.3. The summed E-state index contributed by atoms with van der Waals surface area (Å²) in [4.78, 5) is 39.4. The van der Waals surface area contributed by atoms with Crippen LogP contribution in [-0.4, -0.2) is 42.1 Å². The fourth-order valence-corrected chi connectivity index (χ4v) is 4.37. The van der Waals surface area contributed by atoms with Gasteiger partial charge in [-0.1, -0.05) is 43.6 Å². The molecule has 1 amide bonds. The molecule has 0 bridgehead atoms. The molecular formula is C28H34ClN3O6. The van der Waals surface area contributed by atoms with Gasteiger partial charge in [0, 0.05) is 39.1 Å². The van der Waals surface area contributed by atoms with E-state index < -0.39 is 5.41 Å². The Morgan fingerprint density at radius 2 is 1.76 bits per heavy atom. The molecule has 3 aromatic rings. The number of Topliss-reactive ketones (excluding diaryl/α,β-unsaturated/α-hetero) is 1. The molecule has 1 heterocycles. The third-order valence-electron chi connectivity index (χ3n) is 6.17. The fraction of sp³-hybridized carbons (Fsp3) is 0.393. The minimum Gasteiger partial charge on any atom is -0.467 e. The van der Waals surface area contributed by atoms with Crippen molar-refractivity contribution in [3.63, 3.8) is 0 Å². The van der Waals surface area contributed by atoms with Gasteiger partial charge in [-0.3, -0.25) is 19.1 Å². The lowest BCUT2D eigenvalue weighted by Gasteiger charge is -2.23. The summed E-state index contributed by atoms with van der Waals surface area (Å²) in [5.41, 5.74) is 0.884. The smallest absolute Gasteiger partial charge is 0.295 e. The van der Waals surface area contributed by atoms with E-state index >= 15 is 0 Å². The van der Waals surface area contributed by atoms with E-state index in [0.717, 1.165) is 0 Å². The van der Waals surface area contributed by atoms with Crippen LogP contribution in [0.3, 0.4) is 0 Å². The van der Waals surface area contributed by atoms with Crippen molar-refractivity contribution in [2.45, 2.75) is 39.7 Å². The number of para-hydroxylation sites is 1. The Kier molecular flexibility index (Phi) is 9.90. The van der Waals surface area contributed by atoms with Gasteiger partial charge in [-0.15, -0.1) is 0 Å². The zero-order valence-corrected chi connectivity index (χ0v) is 23.1. The van der Waals surface area contributed by atoms with Crippen LogP contribution in [0.5, 0.6) is 5.75 Å². The van der Waals surface area contributed by atoms with Gasteiger partial charge in [0.2, 0.25) is 5.91 Å². The number of aromatic nitrogens is 2. The summed E-state index contributed by atoms with van der Waals surface area (Å²) in [6.45, 7) is 3.96. The zero-order valence-electron chi connectivity index (χ0n) is 22.4. The first kappa shape index (κ1) is 29.2. The van der Waals surface area contributed by atoms with Gasteiger partial charge in [-0.25, -0.2) is 4.68 Å². The minimum absolute atomic E-state index is 0.00406. The Hall–Kier alpha value is -3.40. The molecule has 3 rings (SSSR count). The molecule has 0 aliphatic heterocycles. The second-order valence-electron chi connectivity index (χ2n) is 9.73. The second kappa shape index (κ2) is 12.9. The SMILES string of the molecule is COCOc1ccc(Cl)cc1C(=O)CCC(C)(C)CC(=O)Nc1c(COC)n(C)n(-c2ccccc2)c1=O. The Morgan fingerprint density at radius 1 is 1.05 bits per heavy atom. The molecule has 0 fully saturated rings. The largest absolute Gasteiger partial charge is 0.467 e. The average Bonchev–Trinajstić information content (AvgIpc) is 3.10. The van der Waals surface area contributed by atoms with E-state index in [1.54, 1.807) is 29.9 Å². The summed E-state index contributed by atoms with van der Waals surface area (Å²) < 4.78 is 18.9. The summed E-state index contributed by atoms with van der Waals surface area (Å²) in [6, 6.07) is 14.0. The lowest BCUT2D eigenvalue weighted by Crippen LogP contribution is -2.26. The van der Waals surface area contributed by atoms with E-state index in [-0.39, 0.29) is 49.2 Å². The van der Waals surface area contributed by atoms with Gasteiger partial charge in [-0.05, 0) is 42.2 Å². The molecule has 0 aliphatic carbocycles. The summed E-state index contributed by atoms with van der Waals surface area (Å²) in [5.74, 6) is -0.0842. The van der Waals surface area contributed by atoms with Crippen LogP contribution in [0.1, 0.15) is 49.2 Å². The van der Waals surface area contributed by atoms with Gasteiger partial charge >= 0.3 is 0 Å². The molecule has 0 saturated carbocycles. The number of benzene rings is 2. The van der Waals surface area contributed by atoms with Crippen molar-refractivity contribution in [3.05, 3.63) is 75.2 Å². The number of ether oxygens (including phenoxy) is 3. The number of carbonyl (C=O) groups excluding carboxylic acids is 2. The molecular weight excluding hydrogens is 510 g/mol. The van der Waals surface area contributed by atoms with Crippen LogP contribution in [0.25, 0.3) is 5.69 Å². The fourth-order valence-electron chi connectivity index (χ4n) is 4.20. The van der Waals surface area contributed by atoms with E-state index in [9.17, 15) is 14.4 Å². The van der Waals surface area contributed by atoms with Crippen LogP contribution in [-0.2, 0) is 27.9 Å². The Morgan fingerprint density at radius 3 is 2.42 bits per heavy atom. The molecule has 0 spiro atoms. The summed E-state index contributed by atoms with van der Waals surface area (Å²) >= 11 is 6.10. The molecule has 2 aromatic carbocycles. The molecule has 0 aliphatic rings. The number of nitrogens with zero attached hydrogens (tertiary/aromatic N) is 2. The van der Waals surface area contributed by atoms with Crippen molar-refractivity contribution in [2.24, 2.45) is 12.5 Å². The van der Waals surface area contributed by atoms with Crippen LogP contribution in [0.4, 0.5) is 5.69 Å². The Bertz CT molecular complexity index is 1330. The maximum Gasteiger partial charge on any atom is 0.295 e. The highest BCUT2D eigenvalue weighted by Crippen LogP contribution is 2.31. The molecule has 1 aromatic heterocycles. The summed E-state index contributed by atoms with van der Waals surface area (Å²) in [5, 5.41) is 3.22. The van der Waals surface area contributed by atoms with Gasteiger partial charge in [0.1, 0.15) is 11.4 Å². The van der Waals surface area contributed by atoms with E-state index in [1.807, 2.05) is 44.2 Å². The molecule has 10 heteroatoms. The predicted octanol–water partition coefficient (Wildman–Crippen LogP) is 4.98. The molecule has 0 unspecified atom stereocenters. The number of ketones is 1. The Balaban J connectivity index is 1.72. The lowest BCUT2D eigenvalue weighted by atomic mass is 9.82. The number of methoxy groups -OCH3 is 2. The third kappa shape index (κ3) is 7.12. The van der Waals surface area contributed by atoms with Gasteiger partial charge in [0.05, 0.1) is 23.6 Å². The molecule has 0 atom stereocenters. The van der Waals surface area contributed by atoms with E-state index in [1.165, 1.54) is 18.9 Å². The first-order valence-electron chi connectivity index (χ1n) is 12.2. The van der Waals surface area contributed by atoms with Gasteiger partial charge < -0.3 is 19.5 Å². The van der Waals surface area contributed by atoms with Crippen LogP contribution in [0, 0.1) is 5.41 Å². The van der Waals surface area contributed by atoms with E-state index in [4.69, 9.17) is 25.8 Å². The molecule has 0 saturated heterocycles. The van der Waals surface area contributed by atoms with Gasteiger partial charge in [-0.2, -0.15) is 0 Å². The number of rotatable bonds is 13. The summed E-state index contributed by atoms with van der Waals surface area (Å²) in [7, 11) is 4.77. The number of amides is 1. The van der Waals surface area contributed by atoms with Crippen molar-refractivity contribution in [1.82, 2.24) is 9.36 Å². The molecule has 204 valence electrons. The molecule has 0 radical (unpaired) electrons. The molecule has 1 N–H and O–H groups in total. The first-order valence-corrected chi connectivity index (χ1v) is 12.6. The van der Waals surface area contributed by atoms with E-state index in [0.29, 0.717) is 34.1 Å². The molecule has 9 nitrogen and oxygen atoms in total. The zero-order chi connectivity index (χ0) is 27.9. The van der Waals surface area contributed by atoms with Crippen molar-refractivity contribution in [2.75, 3.05) is 26.3 Å². The van der Waals surface area contributed by atoms with Crippen LogP contribution in [0.15, 0.2) is 53.3 Å². The number of hydrogen-bond donors (Lipinski definition) is 1. The van der Waals surface area contributed by atoms with E-state index in [2.05, 4.69) is 5.32 Å². The highest BCUT2D eigenvalue weighted by Gasteiger charge is 2.27. The number of anilines is 1. The average molecular weight is 544 g/mol. The van der Waals surface area contributed by atoms with Crippen LogP contribution in [0.2, 0.25) is 5.02 Å². The van der Waals surface area contributed by atoms with Crippen LogP contribution < -0.4 is 15.6 Å². The quantitative estimate of drug-likeness (QED) is 0.241. The highest BCUT2D eigenvalue weighted by atomic mass is 35.5. The normalized spacial score (nSPS) is 11.4. The Labute approximate surface area is 227 Å². The topological polar surface area (TPSA) is 101 Å². The van der Waals surface area contributed by atoms with Gasteiger partial charge in [0.15, 0.2) is 12.6 Å². The third-order valence-corrected chi connectivity index (χ3v) is 6.41. The standard InChI is InChI=1S/C28H34ClN3O6/c1-28(2,14-13-23(33)21-15-19(29)11-12-24(21)38-18-37-5)16-25(34)30-26-22(17-36-4)31(3)32(27(26)35)20-9-7-6-8-10-20/h6-12,15H,13-14,16-18H2,1-5H3,(H,30,34). The first-order chi connectivity index (χ1) is 18.1. The van der Waals surface area contributed by atoms with Crippen molar-refractivity contribution in [3.8, 4) is 11.4 Å². The van der Waals surface area contributed by atoms with Crippen LogP contribution >= 0.6 is 11.6 Å². The lowest BCUT2D eigenvalue weighted by molar-refractivity contribution is -0.118. The summed E-state index contributed by atoms with van der Waals surface area (Å²) in [6.07, 6.45) is 0.726. The predicted molar refractivity (Wildman–Crippen MR) is 146 cm³/mol. The maximum atomic E-state index is 13.3. The number of hydrogen-bond acceptors (Lipinski definition) is 6. The van der Waals surface area contributed by atoms with Crippen molar-refractivity contribution >= 4 is 29.0 Å². The highest BCUT2D eigenvalue weighted by molar-refractivity contribution is 6.31. The molecule has 38 heavy (non-hydrogen) atoms. The van der Waals surface area contributed by atoms with Gasteiger partial charge in [0.25, 0.3) is 5.56 Å².